The van der Waals surface area contributed by atoms with E-state index in [0.717, 1.165) is 28.9 Å². The number of amides is 2. The molecule has 8 nitrogen and oxygen atoms in total. The van der Waals surface area contributed by atoms with Gasteiger partial charge in [-0.1, -0.05) is 5.16 Å². The number of hydrogen-bond acceptors (Lipinski definition) is 5. The summed E-state index contributed by atoms with van der Waals surface area (Å²) in [6, 6.07) is 1.41. The van der Waals surface area contributed by atoms with Gasteiger partial charge in [0.2, 0.25) is 5.91 Å². The van der Waals surface area contributed by atoms with Gasteiger partial charge in [0.25, 0.3) is 11.5 Å². The third kappa shape index (κ3) is 6.52. The minimum atomic E-state index is -5.59. The molecule has 0 saturated carbocycles. The Morgan fingerprint density at radius 1 is 0.886 bits per heavy atom. The summed E-state index contributed by atoms with van der Waals surface area (Å²) in [5, 5.41) is 6.89. The number of halogens is 12. The van der Waals surface area contributed by atoms with E-state index in [9.17, 15) is 62.3 Å². The number of aromatic nitrogens is 2. The van der Waals surface area contributed by atoms with E-state index in [-0.39, 0.29) is 35.1 Å². The van der Waals surface area contributed by atoms with Crippen molar-refractivity contribution in [2.24, 2.45) is 5.16 Å². The molecule has 238 valence electrons. The van der Waals surface area contributed by atoms with Crippen LogP contribution in [0.4, 0.5) is 52.7 Å². The van der Waals surface area contributed by atoms with Gasteiger partial charge in [-0.2, -0.15) is 52.7 Å². The molecular formula is C24H15F12N5O3. The Bertz CT molecular complexity index is 1590. The van der Waals surface area contributed by atoms with Gasteiger partial charge in [0.05, 0.1) is 29.8 Å². The van der Waals surface area contributed by atoms with Crippen LogP contribution < -0.4 is 10.6 Å². The van der Waals surface area contributed by atoms with Crippen LogP contribution in [0.15, 0.2) is 47.9 Å². The second kappa shape index (κ2) is 10.9. The molecule has 0 fully saturated rings. The van der Waals surface area contributed by atoms with Crippen molar-refractivity contribution in [1.82, 2.24) is 20.0 Å². The first kappa shape index (κ1) is 32.4. The molecule has 0 spiro atoms. The lowest BCUT2D eigenvalue weighted by atomic mass is 9.84. The Balaban J connectivity index is 1.67. The molecule has 2 aromatic heterocycles. The Labute approximate surface area is 236 Å². The summed E-state index contributed by atoms with van der Waals surface area (Å²) in [6.07, 6.45) is -20.4. The van der Waals surface area contributed by atoms with Gasteiger partial charge in [-0.3, -0.25) is 14.0 Å². The molecule has 2 N–H and O–H groups in total. The van der Waals surface area contributed by atoms with Crippen LogP contribution in [0.5, 0.6) is 0 Å². The van der Waals surface area contributed by atoms with Crippen LogP contribution in [0.2, 0.25) is 0 Å². The number of alkyl halides is 12. The molecule has 3 aromatic rings. The van der Waals surface area contributed by atoms with Crippen LogP contribution in [0.25, 0.3) is 5.65 Å². The normalized spacial score (nSPS) is 17.8. The van der Waals surface area contributed by atoms with Gasteiger partial charge in [0.15, 0.2) is 0 Å². The molecule has 0 unspecified atom stereocenters. The highest BCUT2D eigenvalue weighted by Gasteiger charge is 2.63. The zero-order valence-electron chi connectivity index (χ0n) is 21.3. The SMILES string of the molecule is O=C(CNC(=O)c1ccc(C2=NO[C@](c3cc(C(F)(F)F)cc(C(F)(F)F)c3)(C(F)(F)F)C2)c2nccn12)NCC(F)(F)F. The minimum Gasteiger partial charge on any atom is -0.374 e. The molecule has 4 rings (SSSR count). The monoisotopic (exact) mass is 649 g/mol. The molecular weight excluding hydrogens is 634 g/mol. The van der Waals surface area contributed by atoms with Crippen molar-refractivity contribution >= 4 is 23.2 Å². The number of fused-ring (bicyclic) bond motifs is 1. The summed E-state index contributed by atoms with van der Waals surface area (Å²) in [5.41, 5.74) is -10.8. The molecule has 0 aliphatic carbocycles. The van der Waals surface area contributed by atoms with Crippen molar-refractivity contribution in [2.45, 2.75) is 36.7 Å². The molecule has 1 aliphatic heterocycles. The van der Waals surface area contributed by atoms with E-state index < -0.39 is 84.0 Å². The summed E-state index contributed by atoms with van der Waals surface area (Å²) in [6.45, 7) is -2.55. The first-order valence-corrected chi connectivity index (χ1v) is 11.8. The van der Waals surface area contributed by atoms with Crippen LogP contribution in [0, 0.1) is 0 Å². The van der Waals surface area contributed by atoms with Crippen molar-refractivity contribution in [3.63, 3.8) is 0 Å². The van der Waals surface area contributed by atoms with Crippen molar-refractivity contribution in [1.29, 1.82) is 0 Å². The van der Waals surface area contributed by atoms with Crippen LogP contribution in [-0.4, -0.2) is 52.4 Å². The van der Waals surface area contributed by atoms with Gasteiger partial charge < -0.3 is 15.5 Å². The van der Waals surface area contributed by atoms with Gasteiger partial charge in [-0.05, 0) is 30.3 Å². The summed E-state index contributed by atoms with van der Waals surface area (Å²) < 4.78 is 161. The number of pyridine rings is 1. The average molecular weight is 649 g/mol. The minimum absolute atomic E-state index is 0.120. The topological polar surface area (TPSA) is 97.1 Å². The molecule has 1 atom stereocenters. The zero-order chi connectivity index (χ0) is 32.9. The summed E-state index contributed by atoms with van der Waals surface area (Å²) >= 11 is 0. The largest absolute Gasteiger partial charge is 0.435 e. The van der Waals surface area contributed by atoms with Gasteiger partial charge in [0.1, 0.15) is 17.9 Å². The maximum absolute atomic E-state index is 14.4. The number of imidazole rings is 1. The van der Waals surface area contributed by atoms with Crippen molar-refractivity contribution < 1.29 is 67.1 Å². The lowest BCUT2D eigenvalue weighted by molar-refractivity contribution is -0.276. The molecule has 2 amide bonds. The summed E-state index contributed by atoms with van der Waals surface area (Å²) in [4.78, 5) is 32.7. The number of carbonyl (C=O) groups excluding carboxylic acids is 2. The lowest BCUT2D eigenvalue weighted by Gasteiger charge is -2.30. The second-order valence-electron chi connectivity index (χ2n) is 9.25. The number of carbonyl (C=O) groups is 2. The Morgan fingerprint density at radius 3 is 2.05 bits per heavy atom. The highest BCUT2D eigenvalue weighted by atomic mass is 19.4. The number of oxime groups is 1. The standard InChI is InChI=1S/C24H15F12N5O3/c25-21(26,27)10-39-17(42)9-38-19(43)16-2-1-14(18-37-3-4-41(16)18)15-8-20(44-40-15,24(34,35)36)11-5-12(22(28,29)30)7-13(6-11)23(31,32)33/h1-7H,8-10H2,(H,38,43)(H,39,42)/t20-/m1/s1. The highest BCUT2D eigenvalue weighted by Crippen LogP contribution is 2.51. The molecule has 1 aliphatic rings. The third-order valence-corrected chi connectivity index (χ3v) is 6.23. The van der Waals surface area contributed by atoms with Crippen LogP contribution in [0.3, 0.4) is 0 Å². The fourth-order valence-electron chi connectivity index (χ4n) is 4.17. The molecule has 3 heterocycles. The van der Waals surface area contributed by atoms with E-state index in [1.807, 2.05) is 5.32 Å². The predicted molar refractivity (Wildman–Crippen MR) is 123 cm³/mol. The third-order valence-electron chi connectivity index (χ3n) is 6.23. The van der Waals surface area contributed by atoms with E-state index >= 15 is 0 Å². The van der Waals surface area contributed by atoms with Gasteiger partial charge in [-0.15, -0.1) is 0 Å². The second-order valence-corrected chi connectivity index (χ2v) is 9.25. The van der Waals surface area contributed by atoms with Crippen molar-refractivity contribution in [3.8, 4) is 0 Å². The van der Waals surface area contributed by atoms with Crippen LogP contribution >= 0.6 is 0 Å². The van der Waals surface area contributed by atoms with Crippen molar-refractivity contribution in [2.75, 3.05) is 13.1 Å². The number of nitrogens with zero attached hydrogens (tertiary/aromatic N) is 3. The predicted octanol–water partition coefficient (Wildman–Crippen LogP) is 5.36. The first-order chi connectivity index (χ1) is 20.1. The average Bonchev–Trinajstić information content (AvgIpc) is 3.57. The molecule has 0 radical (unpaired) electrons. The fourth-order valence-corrected chi connectivity index (χ4v) is 4.17. The van der Waals surface area contributed by atoms with E-state index in [0.29, 0.717) is 0 Å². The van der Waals surface area contributed by atoms with E-state index in [1.165, 1.54) is 5.32 Å². The molecule has 0 bridgehead atoms. The van der Waals surface area contributed by atoms with E-state index in [2.05, 4.69) is 15.0 Å². The molecule has 1 aromatic carbocycles. The van der Waals surface area contributed by atoms with Crippen LogP contribution in [-0.2, 0) is 27.6 Å². The van der Waals surface area contributed by atoms with E-state index in [4.69, 9.17) is 0 Å². The summed E-state index contributed by atoms with van der Waals surface area (Å²) in [5.74, 6) is -2.22. The van der Waals surface area contributed by atoms with Gasteiger partial charge >= 0.3 is 24.7 Å². The van der Waals surface area contributed by atoms with E-state index in [1.54, 1.807) is 0 Å². The summed E-state index contributed by atoms with van der Waals surface area (Å²) in [7, 11) is 0. The number of hydrogen-bond donors (Lipinski definition) is 2. The molecule has 0 saturated heterocycles. The Hall–Kier alpha value is -4.52. The van der Waals surface area contributed by atoms with Gasteiger partial charge in [0, 0.05) is 23.5 Å². The van der Waals surface area contributed by atoms with Crippen LogP contribution in [0.1, 0.15) is 39.2 Å². The molecule has 20 heteroatoms. The smallest absolute Gasteiger partial charge is 0.374 e. The number of benzene rings is 1. The Kier molecular flexibility index (Phi) is 8.01. The fraction of sp³-hybridized carbons (Fsp3) is 0.333. The van der Waals surface area contributed by atoms with Crippen molar-refractivity contribution in [3.05, 3.63) is 70.7 Å². The number of rotatable bonds is 6. The first-order valence-electron chi connectivity index (χ1n) is 11.8. The highest BCUT2D eigenvalue weighted by molar-refractivity contribution is 6.07. The molecule has 44 heavy (non-hydrogen) atoms. The lowest BCUT2D eigenvalue weighted by Crippen LogP contribution is -2.43. The zero-order valence-corrected chi connectivity index (χ0v) is 21.3. The quantitative estimate of drug-likeness (QED) is 0.352. The van der Waals surface area contributed by atoms with Gasteiger partial charge in [-0.25, -0.2) is 4.98 Å². The maximum Gasteiger partial charge on any atom is 0.435 e. The Morgan fingerprint density at radius 2 is 1.50 bits per heavy atom. The number of nitrogens with one attached hydrogen (secondary N) is 2. The maximum atomic E-state index is 14.4.